The number of benzene rings is 3. The summed E-state index contributed by atoms with van der Waals surface area (Å²) >= 11 is 0. The Morgan fingerprint density at radius 3 is 1.73 bits per heavy atom. The summed E-state index contributed by atoms with van der Waals surface area (Å²) in [5.74, 6) is 1.50. The fourth-order valence-electron chi connectivity index (χ4n) is 3.44. The Hall–Kier alpha value is -3.15. The molecule has 0 aromatic heterocycles. The second-order valence-corrected chi connectivity index (χ2v) is 6.94. The van der Waals surface area contributed by atoms with Gasteiger partial charge < -0.3 is 19.0 Å². The second-order valence-electron chi connectivity index (χ2n) is 6.94. The molecule has 0 fully saturated rings. The Labute approximate surface area is 179 Å². The number of carbonyl (C=O) groups is 1. The van der Waals surface area contributed by atoms with Crippen LogP contribution in [0.25, 0.3) is 0 Å². The number of carbonyl (C=O) groups excluding carboxylic acids is 1. The molecular formula is C25H27NO4. The number of likely N-dealkylation sites (N-methyl/N-ethyl adjacent to an activating group) is 1. The van der Waals surface area contributed by atoms with Gasteiger partial charge in [-0.25, -0.2) is 0 Å². The Morgan fingerprint density at radius 1 is 0.833 bits per heavy atom. The van der Waals surface area contributed by atoms with Crippen molar-refractivity contribution in [2.75, 3.05) is 34.5 Å². The largest absolute Gasteiger partial charge is 0.497 e. The topological polar surface area (TPSA) is 48.0 Å². The maximum atomic E-state index is 11.3. The maximum absolute atomic E-state index is 11.3. The minimum atomic E-state index is -0.945. The Balaban J connectivity index is 2.16. The van der Waals surface area contributed by atoms with Crippen LogP contribution in [0.2, 0.25) is 0 Å². The molecule has 0 radical (unpaired) electrons. The van der Waals surface area contributed by atoms with Crippen LogP contribution in [0.1, 0.15) is 18.1 Å². The van der Waals surface area contributed by atoms with Crippen molar-refractivity contribution >= 4 is 6.26 Å². The zero-order chi connectivity index (χ0) is 22.3. The summed E-state index contributed by atoms with van der Waals surface area (Å²) in [6, 6.07) is 25.4. The molecule has 0 aliphatic carbocycles. The third-order valence-electron chi connectivity index (χ3n) is 5.01. The van der Waals surface area contributed by atoms with Crippen molar-refractivity contribution in [2.24, 2.45) is 0 Å². The third-order valence-corrected chi connectivity index (χ3v) is 5.01. The Morgan fingerprint density at radius 2 is 1.30 bits per heavy atom. The average Bonchev–Trinajstić information content (AvgIpc) is 2.80. The van der Waals surface area contributed by atoms with Crippen molar-refractivity contribution in [2.45, 2.75) is 5.60 Å². The molecule has 0 saturated carbocycles. The highest BCUT2D eigenvalue weighted by atomic mass is 16.5. The van der Waals surface area contributed by atoms with Crippen LogP contribution >= 0.6 is 0 Å². The van der Waals surface area contributed by atoms with Crippen molar-refractivity contribution in [1.82, 2.24) is 4.90 Å². The van der Waals surface area contributed by atoms with Crippen LogP contribution in [0.3, 0.4) is 0 Å². The quantitative estimate of drug-likeness (QED) is 0.288. The van der Waals surface area contributed by atoms with Crippen LogP contribution in [0.5, 0.6) is 11.5 Å². The van der Waals surface area contributed by atoms with E-state index in [0.29, 0.717) is 0 Å². The van der Waals surface area contributed by atoms with E-state index in [9.17, 15) is 4.79 Å². The molecule has 3 aromatic carbocycles. The third kappa shape index (κ3) is 4.53. The first-order chi connectivity index (χ1) is 15.0. The summed E-state index contributed by atoms with van der Waals surface area (Å²) in [5, 5.41) is 0. The van der Waals surface area contributed by atoms with Crippen molar-refractivity contribution in [3.63, 3.8) is 0 Å². The van der Waals surface area contributed by atoms with Crippen molar-refractivity contribution in [3.8, 4) is 11.5 Å². The second kappa shape index (κ2) is 10.1. The minimum Gasteiger partial charge on any atom is -0.497 e. The van der Waals surface area contributed by atoms with E-state index in [4.69, 9.17) is 15.6 Å². The number of hydrogen-bond donors (Lipinski definition) is 0. The van der Waals surface area contributed by atoms with Crippen molar-refractivity contribution < 1.29 is 20.4 Å². The normalized spacial score (nSPS) is 11.8. The molecule has 0 amide bonds. The summed E-state index contributed by atoms with van der Waals surface area (Å²) in [4.78, 5) is 13.0. The van der Waals surface area contributed by atoms with Gasteiger partial charge in [0.25, 0.3) is 0 Å². The van der Waals surface area contributed by atoms with E-state index in [1.54, 1.807) is 26.2 Å². The molecule has 0 unspecified atom stereocenters. The molecule has 0 heterocycles. The van der Waals surface area contributed by atoms with Gasteiger partial charge in [-0.3, -0.25) is 4.90 Å². The summed E-state index contributed by atoms with van der Waals surface area (Å²) in [5.41, 5.74) is 1.82. The number of hydrogen-bond acceptors (Lipinski definition) is 5. The summed E-state index contributed by atoms with van der Waals surface area (Å²) in [6.45, 7) is 0.133. The maximum Gasteiger partial charge on any atom is 0.145 e. The molecule has 5 nitrogen and oxygen atoms in total. The number of ether oxygens (including phenoxy) is 3. The predicted molar refractivity (Wildman–Crippen MR) is 117 cm³/mol. The molecule has 156 valence electrons. The molecule has 0 bridgehead atoms. The number of methoxy groups -OCH3 is 2. The average molecular weight is 407 g/mol. The van der Waals surface area contributed by atoms with E-state index >= 15 is 0 Å². The minimum absolute atomic E-state index is 0.0178. The van der Waals surface area contributed by atoms with E-state index in [1.807, 2.05) is 78.9 Å². The lowest BCUT2D eigenvalue weighted by atomic mass is 9.80. The van der Waals surface area contributed by atoms with E-state index in [0.717, 1.165) is 28.2 Å². The van der Waals surface area contributed by atoms with Gasteiger partial charge in [0, 0.05) is 0 Å². The first-order valence-electron chi connectivity index (χ1n) is 10.2. The first kappa shape index (κ1) is 20.1. The smallest absolute Gasteiger partial charge is 0.145 e. The van der Waals surface area contributed by atoms with E-state index < -0.39 is 11.9 Å². The van der Waals surface area contributed by atoms with Crippen molar-refractivity contribution in [1.29, 1.82) is 0 Å². The monoisotopic (exact) mass is 406 g/mol. The van der Waals surface area contributed by atoms with Crippen LogP contribution < -0.4 is 9.47 Å². The van der Waals surface area contributed by atoms with Crippen LogP contribution in [-0.4, -0.2) is 45.7 Å². The van der Waals surface area contributed by atoms with Gasteiger partial charge in [-0.2, -0.15) is 0 Å². The Bertz CT molecular complexity index is 927. The number of aldehydes is 1. The molecule has 0 aliphatic heterocycles. The van der Waals surface area contributed by atoms with Crippen LogP contribution in [0.15, 0.2) is 78.9 Å². The molecule has 0 aliphatic rings. The highest BCUT2D eigenvalue weighted by Crippen LogP contribution is 2.41. The molecular weight excluding hydrogens is 378 g/mol. The SMILES string of the molecule is [2H]C(=O)CN(C)COC(c1ccccc1)(c1ccc(OC)cc1)c1ccc(OC)cc1. The molecule has 0 spiro atoms. The van der Waals surface area contributed by atoms with Crippen LogP contribution in [0, 0.1) is 0 Å². The molecule has 0 atom stereocenters. The first-order valence-corrected chi connectivity index (χ1v) is 9.66. The van der Waals surface area contributed by atoms with Crippen molar-refractivity contribution in [3.05, 3.63) is 95.6 Å². The predicted octanol–water partition coefficient (Wildman–Crippen LogP) is 4.10. The Kier molecular flexibility index (Phi) is 6.75. The highest BCUT2D eigenvalue weighted by molar-refractivity contribution is 5.52. The van der Waals surface area contributed by atoms with E-state index in [1.165, 1.54) is 0 Å². The summed E-state index contributed by atoms with van der Waals surface area (Å²) < 4.78 is 24.5. The summed E-state index contributed by atoms with van der Waals surface area (Å²) in [6.07, 6.45) is -0.662. The fourth-order valence-corrected chi connectivity index (χ4v) is 3.44. The molecule has 30 heavy (non-hydrogen) atoms. The molecule has 3 aromatic rings. The molecule has 0 N–H and O–H groups in total. The fraction of sp³-hybridized carbons (Fsp3) is 0.240. The number of rotatable bonds is 10. The molecule has 3 rings (SSSR count). The van der Waals surface area contributed by atoms with Gasteiger partial charge >= 0.3 is 0 Å². The van der Waals surface area contributed by atoms with Crippen LogP contribution in [-0.2, 0) is 15.1 Å². The van der Waals surface area contributed by atoms with Gasteiger partial charge in [-0.1, -0.05) is 54.6 Å². The standard InChI is InChI=1S/C25H27NO4/c1-26(17-18-27)19-30-25(20-7-5-4-6-8-20,21-9-13-23(28-2)14-10-21)22-11-15-24(29-3)16-12-22/h4-16,18H,17,19H2,1-3H3/i18D. The zero-order valence-corrected chi connectivity index (χ0v) is 17.5. The lowest BCUT2D eigenvalue weighted by Gasteiger charge is -2.37. The van der Waals surface area contributed by atoms with E-state index in [2.05, 4.69) is 0 Å². The molecule has 0 saturated heterocycles. The van der Waals surface area contributed by atoms with Crippen LogP contribution in [0.4, 0.5) is 0 Å². The number of nitrogens with zero attached hydrogens (tertiary/aromatic N) is 1. The zero-order valence-electron chi connectivity index (χ0n) is 18.5. The van der Waals surface area contributed by atoms with Gasteiger partial charge in [0.2, 0.25) is 0 Å². The van der Waals surface area contributed by atoms with E-state index in [-0.39, 0.29) is 13.3 Å². The van der Waals surface area contributed by atoms with Gasteiger partial charge in [-0.05, 0) is 48.0 Å². The van der Waals surface area contributed by atoms with Gasteiger partial charge in [-0.15, -0.1) is 0 Å². The van der Waals surface area contributed by atoms with Gasteiger partial charge in [0.1, 0.15) is 31.5 Å². The highest BCUT2D eigenvalue weighted by Gasteiger charge is 2.38. The molecule has 5 heteroatoms. The van der Waals surface area contributed by atoms with Gasteiger partial charge in [0.15, 0.2) is 0 Å². The lowest BCUT2D eigenvalue weighted by molar-refractivity contribution is -0.111. The van der Waals surface area contributed by atoms with Gasteiger partial charge in [0.05, 0.1) is 20.8 Å². The summed E-state index contributed by atoms with van der Waals surface area (Å²) in [7, 11) is 5.02. The lowest BCUT2D eigenvalue weighted by Crippen LogP contribution is -2.37.